The van der Waals surface area contributed by atoms with E-state index in [1.165, 1.54) is 22.5 Å². The standard InChI is InChI=1S/C18H27ClN2O5S/c1-5-8-13(4)20-17(22)12-26-18(23)15-11-14(9-10-16(15)19)27(24,25)21(6-2)7-3/h9-11,13H,5-8,12H2,1-4H3,(H,20,22). The number of rotatable bonds is 10. The summed E-state index contributed by atoms with van der Waals surface area (Å²) in [6.07, 6.45) is 1.74. The minimum absolute atomic E-state index is 0.0210. The first-order chi connectivity index (χ1) is 12.7. The van der Waals surface area contributed by atoms with E-state index in [1.807, 2.05) is 13.8 Å². The summed E-state index contributed by atoms with van der Waals surface area (Å²) < 4.78 is 31.5. The summed E-state index contributed by atoms with van der Waals surface area (Å²) in [4.78, 5) is 24.0. The quantitative estimate of drug-likeness (QED) is 0.590. The second-order valence-electron chi connectivity index (χ2n) is 6.06. The van der Waals surface area contributed by atoms with Crippen molar-refractivity contribution in [3.63, 3.8) is 0 Å². The number of hydrogen-bond donors (Lipinski definition) is 1. The number of carbonyl (C=O) groups is 2. The first kappa shape index (κ1) is 23.4. The van der Waals surface area contributed by atoms with Crippen LogP contribution in [0.2, 0.25) is 5.02 Å². The Bertz CT molecular complexity index is 763. The number of amides is 1. The molecular formula is C18H27ClN2O5S. The third-order valence-electron chi connectivity index (χ3n) is 3.96. The highest BCUT2D eigenvalue weighted by molar-refractivity contribution is 7.89. The van der Waals surface area contributed by atoms with Crippen LogP contribution in [-0.2, 0) is 19.6 Å². The number of hydrogen-bond acceptors (Lipinski definition) is 5. The normalized spacial score (nSPS) is 12.7. The zero-order valence-corrected chi connectivity index (χ0v) is 17.7. The Hall–Kier alpha value is -1.64. The van der Waals surface area contributed by atoms with E-state index < -0.39 is 28.5 Å². The summed E-state index contributed by atoms with van der Waals surface area (Å²) in [5.74, 6) is -1.28. The van der Waals surface area contributed by atoms with Crippen molar-refractivity contribution in [3.8, 4) is 0 Å². The molecule has 0 aliphatic rings. The smallest absolute Gasteiger partial charge is 0.340 e. The van der Waals surface area contributed by atoms with Gasteiger partial charge in [-0.3, -0.25) is 4.79 Å². The fourth-order valence-electron chi connectivity index (χ4n) is 2.56. The Morgan fingerprint density at radius 1 is 1.22 bits per heavy atom. The van der Waals surface area contributed by atoms with Crippen LogP contribution in [0.4, 0.5) is 0 Å². The summed E-state index contributed by atoms with van der Waals surface area (Å²) in [5, 5.41) is 2.77. The second kappa shape index (κ2) is 10.6. The molecule has 27 heavy (non-hydrogen) atoms. The maximum Gasteiger partial charge on any atom is 0.340 e. The molecule has 0 radical (unpaired) electrons. The summed E-state index contributed by atoms with van der Waals surface area (Å²) in [6.45, 7) is 7.46. The van der Waals surface area contributed by atoms with Gasteiger partial charge in [0.15, 0.2) is 6.61 Å². The molecule has 7 nitrogen and oxygen atoms in total. The van der Waals surface area contributed by atoms with Gasteiger partial charge in [0.25, 0.3) is 5.91 Å². The first-order valence-corrected chi connectivity index (χ1v) is 10.7. The van der Waals surface area contributed by atoms with E-state index >= 15 is 0 Å². The Balaban J connectivity index is 2.91. The van der Waals surface area contributed by atoms with Crippen LogP contribution in [-0.4, -0.2) is 50.3 Å². The van der Waals surface area contributed by atoms with Gasteiger partial charge in [0.05, 0.1) is 15.5 Å². The zero-order chi connectivity index (χ0) is 20.6. The molecule has 0 saturated carbocycles. The van der Waals surface area contributed by atoms with Crippen LogP contribution in [0, 0.1) is 0 Å². The highest BCUT2D eigenvalue weighted by atomic mass is 35.5. The molecule has 1 amide bonds. The number of nitrogens with one attached hydrogen (secondary N) is 1. The van der Waals surface area contributed by atoms with Crippen LogP contribution in [0.25, 0.3) is 0 Å². The van der Waals surface area contributed by atoms with E-state index in [-0.39, 0.29) is 21.5 Å². The van der Waals surface area contributed by atoms with Crippen molar-refractivity contribution in [1.29, 1.82) is 0 Å². The molecule has 0 bridgehead atoms. The molecule has 0 saturated heterocycles. The van der Waals surface area contributed by atoms with Crippen LogP contribution < -0.4 is 5.32 Å². The molecule has 0 spiro atoms. The van der Waals surface area contributed by atoms with E-state index in [2.05, 4.69) is 5.32 Å². The monoisotopic (exact) mass is 418 g/mol. The van der Waals surface area contributed by atoms with Crippen molar-refractivity contribution in [2.24, 2.45) is 0 Å². The van der Waals surface area contributed by atoms with Crippen molar-refractivity contribution in [1.82, 2.24) is 9.62 Å². The highest BCUT2D eigenvalue weighted by Crippen LogP contribution is 2.23. The van der Waals surface area contributed by atoms with E-state index in [4.69, 9.17) is 16.3 Å². The molecular weight excluding hydrogens is 392 g/mol. The lowest BCUT2D eigenvalue weighted by atomic mass is 10.2. The van der Waals surface area contributed by atoms with E-state index in [9.17, 15) is 18.0 Å². The van der Waals surface area contributed by atoms with Gasteiger partial charge in [-0.15, -0.1) is 0 Å². The molecule has 0 fully saturated rings. The van der Waals surface area contributed by atoms with Gasteiger partial charge in [0, 0.05) is 19.1 Å². The van der Waals surface area contributed by atoms with Gasteiger partial charge < -0.3 is 10.1 Å². The van der Waals surface area contributed by atoms with Gasteiger partial charge in [-0.1, -0.05) is 38.8 Å². The Morgan fingerprint density at radius 3 is 2.41 bits per heavy atom. The number of halogens is 1. The largest absolute Gasteiger partial charge is 0.452 e. The third kappa shape index (κ3) is 6.48. The molecule has 1 atom stereocenters. The number of ether oxygens (including phenoxy) is 1. The van der Waals surface area contributed by atoms with Gasteiger partial charge in [-0.05, 0) is 31.5 Å². The van der Waals surface area contributed by atoms with Gasteiger partial charge in [0.1, 0.15) is 0 Å². The van der Waals surface area contributed by atoms with Crippen LogP contribution >= 0.6 is 11.6 Å². The predicted octanol–water partition coefficient (Wildman–Crippen LogP) is 2.83. The maximum absolute atomic E-state index is 12.6. The average Bonchev–Trinajstić information content (AvgIpc) is 2.60. The maximum atomic E-state index is 12.6. The Kier molecular flexibility index (Phi) is 9.21. The molecule has 1 rings (SSSR count). The molecule has 9 heteroatoms. The molecule has 0 aromatic heterocycles. The first-order valence-electron chi connectivity index (χ1n) is 8.93. The van der Waals surface area contributed by atoms with Gasteiger partial charge in [-0.2, -0.15) is 4.31 Å². The molecule has 1 N–H and O–H groups in total. The minimum Gasteiger partial charge on any atom is -0.452 e. The molecule has 0 heterocycles. The highest BCUT2D eigenvalue weighted by Gasteiger charge is 2.24. The number of sulfonamides is 1. The van der Waals surface area contributed by atoms with Gasteiger partial charge in [-0.25, -0.2) is 13.2 Å². The molecule has 1 aromatic carbocycles. The zero-order valence-electron chi connectivity index (χ0n) is 16.1. The van der Waals surface area contributed by atoms with Crippen molar-refractivity contribution >= 4 is 33.5 Å². The van der Waals surface area contributed by atoms with Crippen molar-refractivity contribution < 1.29 is 22.7 Å². The summed E-state index contributed by atoms with van der Waals surface area (Å²) >= 11 is 6.02. The molecule has 0 aliphatic carbocycles. The Morgan fingerprint density at radius 2 is 1.85 bits per heavy atom. The van der Waals surface area contributed by atoms with Crippen LogP contribution in [0.1, 0.15) is 50.9 Å². The number of nitrogens with zero attached hydrogens (tertiary/aromatic N) is 1. The second-order valence-corrected chi connectivity index (χ2v) is 8.41. The lowest BCUT2D eigenvalue weighted by Gasteiger charge is -2.19. The average molecular weight is 419 g/mol. The van der Waals surface area contributed by atoms with E-state index in [1.54, 1.807) is 13.8 Å². The molecule has 1 unspecified atom stereocenters. The fraction of sp³-hybridized carbons (Fsp3) is 0.556. The minimum atomic E-state index is -3.74. The van der Waals surface area contributed by atoms with Crippen LogP contribution in [0.5, 0.6) is 0 Å². The SMILES string of the molecule is CCCC(C)NC(=O)COC(=O)c1cc(S(=O)(=O)N(CC)CC)ccc1Cl. The summed E-state index contributed by atoms with van der Waals surface area (Å²) in [7, 11) is -3.74. The number of carbonyl (C=O) groups excluding carboxylic acids is 2. The van der Waals surface area contributed by atoms with Crippen LogP contribution in [0.15, 0.2) is 23.1 Å². The van der Waals surface area contributed by atoms with Crippen LogP contribution in [0.3, 0.4) is 0 Å². The Labute approximate surface area is 166 Å². The fourth-order valence-corrected chi connectivity index (χ4v) is 4.24. The summed E-state index contributed by atoms with van der Waals surface area (Å²) in [6, 6.07) is 3.83. The molecule has 0 aliphatic heterocycles. The van der Waals surface area contributed by atoms with Crippen molar-refractivity contribution in [2.45, 2.75) is 51.5 Å². The van der Waals surface area contributed by atoms with E-state index in [0.29, 0.717) is 13.1 Å². The van der Waals surface area contributed by atoms with Crippen molar-refractivity contribution in [3.05, 3.63) is 28.8 Å². The van der Waals surface area contributed by atoms with Gasteiger partial charge in [0.2, 0.25) is 10.0 Å². The number of benzene rings is 1. The molecule has 152 valence electrons. The lowest BCUT2D eigenvalue weighted by Crippen LogP contribution is -2.35. The summed E-state index contributed by atoms with van der Waals surface area (Å²) in [5.41, 5.74) is -0.0979. The van der Waals surface area contributed by atoms with E-state index in [0.717, 1.165) is 12.8 Å². The third-order valence-corrected chi connectivity index (χ3v) is 6.34. The van der Waals surface area contributed by atoms with Crippen molar-refractivity contribution in [2.75, 3.05) is 19.7 Å². The number of esters is 1. The van der Waals surface area contributed by atoms with Gasteiger partial charge >= 0.3 is 5.97 Å². The topological polar surface area (TPSA) is 92.8 Å². The predicted molar refractivity (Wildman–Crippen MR) is 104 cm³/mol. The molecule has 1 aromatic rings. The lowest BCUT2D eigenvalue weighted by molar-refractivity contribution is -0.124.